The van der Waals surface area contributed by atoms with Crippen LogP contribution in [0, 0.1) is 5.95 Å². The maximum absolute atomic E-state index is 14.0. The number of nitrogens with zero attached hydrogens (tertiary/aromatic N) is 1. The van der Waals surface area contributed by atoms with Gasteiger partial charge in [0, 0.05) is 11.1 Å². The molecule has 9 heteroatoms. The molecular formula is C12H3Cl5FNO2. The number of benzene rings is 1. The van der Waals surface area contributed by atoms with E-state index >= 15 is 0 Å². The second kappa shape index (κ2) is 6.15. The van der Waals surface area contributed by atoms with Gasteiger partial charge in [-0.1, -0.05) is 58.0 Å². The van der Waals surface area contributed by atoms with Crippen molar-refractivity contribution in [2.45, 2.75) is 0 Å². The Hall–Kier alpha value is -0.780. The predicted octanol–water partition coefficient (Wildman–Crippen LogP) is 5.85. The second-order valence-corrected chi connectivity index (χ2v) is 5.67. The van der Waals surface area contributed by atoms with Crippen LogP contribution in [-0.2, 0) is 0 Å². The maximum atomic E-state index is 14.0. The highest BCUT2D eigenvalue weighted by Crippen LogP contribution is 2.48. The van der Waals surface area contributed by atoms with E-state index in [0.717, 1.165) is 6.07 Å². The molecule has 0 radical (unpaired) electrons. The third kappa shape index (κ3) is 2.91. The van der Waals surface area contributed by atoms with Crippen LogP contribution in [0.3, 0.4) is 0 Å². The lowest BCUT2D eigenvalue weighted by molar-refractivity contribution is 0.0689. The third-order valence-corrected chi connectivity index (χ3v) is 4.82. The summed E-state index contributed by atoms with van der Waals surface area (Å²) in [6.45, 7) is 0. The van der Waals surface area contributed by atoms with E-state index in [1.54, 1.807) is 0 Å². The summed E-state index contributed by atoms with van der Waals surface area (Å²) in [4.78, 5) is 14.1. The van der Waals surface area contributed by atoms with Crippen LogP contribution in [0.25, 0.3) is 11.1 Å². The van der Waals surface area contributed by atoms with Crippen LogP contribution in [0.1, 0.15) is 10.5 Å². The third-order valence-electron chi connectivity index (χ3n) is 2.55. The highest BCUT2D eigenvalue weighted by atomic mass is 35.5. The van der Waals surface area contributed by atoms with Crippen molar-refractivity contribution in [1.29, 1.82) is 0 Å². The fourth-order valence-corrected chi connectivity index (χ4v) is 2.92. The van der Waals surface area contributed by atoms with Gasteiger partial charge in [0.05, 0.1) is 25.1 Å². The van der Waals surface area contributed by atoms with E-state index in [2.05, 4.69) is 4.98 Å². The van der Waals surface area contributed by atoms with Crippen LogP contribution >= 0.6 is 58.0 Å². The van der Waals surface area contributed by atoms with Crippen molar-refractivity contribution < 1.29 is 14.3 Å². The number of halogens is 6. The number of hydrogen-bond donors (Lipinski definition) is 1. The summed E-state index contributed by atoms with van der Waals surface area (Å²) < 4.78 is 14.0. The number of aromatic nitrogens is 1. The van der Waals surface area contributed by atoms with Gasteiger partial charge in [-0.3, -0.25) is 0 Å². The molecule has 0 amide bonds. The summed E-state index contributed by atoms with van der Waals surface area (Å²) in [5.41, 5.74) is -0.621. The van der Waals surface area contributed by atoms with Gasteiger partial charge in [0.1, 0.15) is 0 Å². The van der Waals surface area contributed by atoms with Gasteiger partial charge in [-0.05, 0) is 12.1 Å². The summed E-state index contributed by atoms with van der Waals surface area (Å²) in [6.07, 6.45) is 0. The lowest BCUT2D eigenvalue weighted by Gasteiger charge is -2.13. The molecule has 0 saturated heterocycles. The van der Waals surface area contributed by atoms with E-state index in [1.165, 1.54) is 6.07 Å². The van der Waals surface area contributed by atoms with Gasteiger partial charge in [-0.15, -0.1) is 0 Å². The number of rotatable bonds is 2. The normalized spacial score (nSPS) is 10.8. The number of hydrogen-bond acceptors (Lipinski definition) is 2. The largest absolute Gasteiger partial charge is 0.477 e. The topological polar surface area (TPSA) is 50.2 Å². The van der Waals surface area contributed by atoms with E-state index in [-0.39, 0.29) is 36.2 Å². The highest BCUT2D eigenvalue weighted by Gasteiger charge is 2.23. The van der Waals surface area contributed by atoms with Crippen molar-refractivity contribution in [3.63, 3.8) is 0 Å². The Balaban J connectivity index is 2.77. The van der Waals surface area contributed by atoms with Crippen LogP contribution in [0.15, 0.2) is 12.1 Å². The van der Waals surface area contributed by atoms with E-state index in [1.807, 2.05) is 0 Å². The molecule has 0 bridgehead atoms. The molecule has 1 heterocycles. The first-order chi connectivity index (χ1) is 9.75. The average molecular weight is 389 g/mol. The molecule has 0 saturated carbocycles. The summed E-state index contributed by atoms with van der Waals surface area (Å²) in [7, 11) is 0. The number of carboxylic acid groups (broad SMARTS) is 1. The molecule has 0 unspecified atom stereocenters. The monoisotopic (exact) mass is 387 g/mol. The van der Waals surface area contributed by atoms with Gasteiger partial charge in [-0.25, -0.2) is 9.78 Å². The zero-order valence-electron chi connectivity index (χ0n) is 9.73. The van der Waals surface area contributed by atoms with Crippen molar-refractivity contribution in [2.75, 3.05) is 0 Å². The molecule has 1 aromatic heterocycles. The van der Waals surface area contributed by atoms with Gasteiger partial charge in [0.2, 0.25) is 5.95 Å². The molecule has 0 aliphatic rings. The minimum Gasteiger partial charge on any atom is -0.477 e. The molecule has 1 aromatic carbocycles. The van der Waals surface area contributed by atoms with Crippen molar-refractivity contribution >= 4 is 64.0 Å². The lowest BCUT2D eigenvalue weighted by Crippen LogP contribution is -2.03. The summed E-state index contributed by atoms with van der Waals surface area (Å²) in [5, 5.41) is 8.29. The molecule has 0 aliphatic heterocycles. The Bertz CT molecular complexity index is 737. The molecule has 21 heavy (non-hydrogen) atoms. The molecular weight excluding hydrogens is 386 g/mol. The zero-order valence-corrected chi connectivity index (χ0v) is 13.5. The fraction of sp³-hybridized carbons (Fsp3) is 0. The van der Waals surface area contributed by atoms with Crippen molar-refractivity contribution in [1.82, 2.24) is 4.98 Å². The lowest BCUT2D eigenvalue weighted by atomic mass is 10.1. The van der Waals surface area contributed by atoms with Crippen molar-refractivity contribution in [3.8, 4) is 11.1 Å². The van der Waals surface area contributed by atoms with Gasteiger partial charge in [0.25, 0.3) is 0 Å². The first-order valence-corrected chi connectivity index (χ1v) is 7.06. The van der Waals surface area contributed by atoms with Crippen molar-refractivity contribution in [3.05, 3.63) is 48.9 Å². The van der Waals surface area contributed by atoms with E-state index in [9.17, 15) is 9.18 Å². The van der Waals surface area contributed by atoms with E-state index in [0.29, 0.717) is 0 Å². The summed E-state index contributed by atoms with van der Waals surface area (Å²) in [6, 6.07) is 2.27. The van der Waals surface area contributed by atoms with Crippen LogP contribution in [0.4, 0.5) is 4.39 Å². The second-order valence-electron chi connectivity index (χ2n) is 3.78. The van der Waals surface area contributed by atoms with Crippen LogP contribution in [0.5, 0.6) is 0 Å². The zero-order chi connectivity index (χ0) is 15.9. The number of pyridine rings is 1. The molecule has 0 spiro atoms. The minimum absolute atomic E-state index is 0.0142. The Morgan fingerprint density at radius 1 is 0.952 bits per heavy atom. The van der Waals surface area contributed by atoms with Crippen LogP contribution in [0.2, 0.25) is 25.1 Å². The highest BCUT2D eigenvalue weighted by molar-refractivity contribution is 6.56. The SMILES string of the molecule is O=C(O)c1ccc(-c2c(Cl)c(Cl)c(Cl)c(Cl)c2Cl)c(F)n1. The van der Waals surface area contributed by atoms with Gasteiger partial charge in [0.15, 0.2) is 5.69 Å². The van der Waals surface area contributed by atoms with Gasteiger partial charge >= 0.3 is 5.97 Å². The van der Waals surface area contributed by atoms with Gasteiger partial charge in [-0.2, -0.15) is 4.39 Å². The van der Waals surface area contributed by atoms with Crippen LogP contribution in [-0.4, -0.2) is 16.1 Å². The summed E-state index contributed by atoms with van der Waals surface area (Å²) >= 11 is 29.7. The smallest absolute Gasteiger partial charge is 0.354 e. The molecule has 2 aromatic rings. The predicted molar refractivity (Wildman–Crippen MR) is 81.6 cm³/mol. The van der Waals surface area contributed by atoms with E-state index < -0.39 is 17.6 Å². The van der Waals surface area contributed by atoms with Crippen LogP contribution < -0.4 is 0 Å². The Labute approximate surface area is 143 Å². The first-order valence-electron chi connectivity index (χ1n) is 5.17. The van der Waals surface area contributed by atoms with E-state index in [4.69, 9.17) is 63.1 Å². The number of carboxylic acids is 1. The Morgan fingerprint density at radius 3 is 1.86 bits per heavy atom. The quantitative estimate of drug-likeness (QED) is 0.398. The van der Waals surface area contributed by atoms with Crippen molar-refractivity contribution in [2.24, 2.45) is 0 Å². The molecule has 110 valence electrons. The molecule has 0 aliphatic carbocycles. The van der Waals surface area contributed by atoms with Gasteiger partial charge < -0.3 is 5.11 Å². The molecule has 2 rings (SSSR count). The number of aromatic carboxylic acids is 1. The molecule has 1 N–H and O–H groups in total. The molecule has 3 nitrogen and oxygen atoms in total. The average Bonchev–Trinajstić information content (AvgIpc) is 2.44. The Kier molecular flexibility index (Phi) is 4.85. The summed E-state index contributed by atoms with van der Waals surface area (Å²) in [5.74, 6) is -2.45. The Morgan fingerprint density at radius 2 is 1.43 bits per heavy atom. The molecule has 0 fully saturated rings. The molecule has 0 atom stereocenters. The number of carbonyl (C=O) groups is 1. The fourth-order valence-electron chi connectivity index (χ4n) is 1.58. The maximum Gasteiger partial charge on any atom is 0.354 e. The first kappa shape index (κ1) is 16.6. The minimum atomic E-state index is -1.37. The standard InChI is InChI=1S/C12H3Cl5FNO2/c13-6-5(7(14)9(16)10(17)8(6)15)3-1-2-4(12(20)21)19-11(3)18/h1-2H,(H,20,21).